The number of nitro groups is 2. The summed E-state index contributed by atoms with van der Waals surface area (Å²) < 4.78 is 63.4. The van der Waals surface area contributed by atoms with Gasteiger partial charge in [-0.3, -0.25) is 53.7 Å². The Kier molecular flexibility index (Phi) is 19.4. The number of hydrogen-bond acceptors (Lipinski definition) is 18. The summed E-state index contributed by atoms with van der Waals surface area (Å²) in [5.74, 6) is -0.692. The summed E-state index contributed by atoms with van der Waals surface area (Å²) in [6.45, 7) is 12.8. The maximum atomic E-state index is 13.3. The van der Waals surface area contributed by atoms with Gasteiger partial charge in [-0.15, -0.1) is 0 Å². The van der Waals surface area contributed by atoms with E-state index in [0.717, 1.165) is 49.2 Å². The molecule has 488 valence electrons. The number of nitrogens with zero attached hydrogens (tertiary/aromatic N) is 11. The summed E-state index contributed by atoms with van der Waals surface area (Å²) in [6.07, 6.45) is 1.53. The third-order valence-corrected chi connectivity index (χ3v) is 16.2. The number of esters is 1. The quantitative estimate of drug-likeness (QED) is 0.0591. The van der Waals surface area contributed by atoms with Crippen molar-refractivity contribution in [2.45, 2.75) is 53.5 Å². The Hall–Kier alpha value is -10.5. The second-order valence-electron chi connectivity index (χ2n) is 23.6. The predicted molar refractivity (Wildman–Crippen MR) is 340 cm³/mol. The number of carbonyl (C=O) groups is 3. The van der Waals surface area contributed by atoms with Crippen LogP contribution >= 0.6 is 0 Å². The van der Waals surface area contributed by atoms with Gasteiger partial charge in [0.15, 0.2) is 11.5 Å². The summed E-state index contributed by atoms with van der Waals surface area (Å²) in [5, 5.41) is 25.6. The van der Waals surface area contributed by atoms with Gasteiger partial charge in [-0.2, -0.15) is 13.2 Å². The fraction of sp³-hybridized carbons (Fsp3) is 0.354. The number of carbonyl (C=O) groups excluding carboxylic acids is 3. The number of hydrogen-bond donors (Lipinski definition) is 0. The molecular weight excluding hydrogens is 1220 g/mol. The fourth-order valence-electron chi connectivity index (χ4n) is 12.0. The van der Waals surface area contributed by atoms with E-state index in [-0.39, 0.29) is 89.2 Å². The Balaban J connectivity index is 0.000000153. The van der Waals surface area contributed by atoms with Crippen molar-refractivity contribution in [3.63, 3.8) is 0 Å². The number of fused-ring (bicyclic) bond motifs is 3. The molecule has 3 saturated heterocycles. The molecule has 0 bridgehead atoms. The Morgan fingerprint density at radius 1 is 0.548 bits per heavy atom. The maximum Gasteiger partial charge on any atom is 0.406 e. The van der Waals surface area contributed by atoms with Gasteiger partial charge in [-0.1, -0.05) is 75.4 Å². The first-order chi connectivity index (χ1) is 44.4. The Bertz CT molecular complexity index is 4210. The smallest absolute Gasteiger partial charge is 0.406 e. The number of aryl methyl sites for hydroxylation is 1. The highest BCUT2D eigenvalue weighted by atomic mass is 19.4. The maximum absolute atomic E-state index is 13.3. The zero-order valence-electron chi connectivity index (χ0n) is 51.7. The highest BCUT2D eigenvalue weighted by Gasteiger charge is 2.38. The van der Waals surface area contributed by atoms with Gasteiger partial charge in [-0.25, -0.2) is 4.79 Å². The number of anilines is 3. The van der Waals surface area contributed by atoms with Gasteiger partial charge in [0.1, 0.15) is 23.5 Å². The van der Waals surface area contributed by atoms with Crippen LogP contribution in [0, 0.1) is 25.6 Å². The van der Waals surface area contributed by atoms with Crippen molar-refractivity contribution in [1.82, 2.24) is 28.4 Å². The molecule has 0 saturated carbocycles. The molecule has 3 fully saturated rings. The Labute approximate surface area is 528 Å². The van der Waals surface area contributed by atoms with E-state index in [2.05, 4.69) is 9.80 Å². The van der Waals surface area contributed by atoms with Crippen molar-refractivity contribution < 1.29 is 55.4 Å². The van der Waals surface area contributed by atoms with E-state index in [1.807, 2.05) is 80.3 Å². The average molecular weight is 1280 g/mol. The lowest BCUT2D eigenvalue weighted by Gasteiger charge is -2.37. The first-order valence-electron chi connectivity index (χ1n) is 30.0. The summed E-state index contributed by atoms with van der Waals surface area (Å²) in [4.78, 5) is 110. The van der Waals surface area contributed by atoms with Gasteiger partial charge in [-0.05, 0) is 60.9 Å². The first-order valence-corrected chi connectivity index (χ1v) is 30.0. The molecule has 0 spiro atoms. The summed E-state index contributed by atoms with van der Waals surface area (Å²) in [7, 11) is 1.69. The minimum atomic E-state index is -4.74. The van der Waals surface area contributed by atoms with Crippen LogP contribution in [-0.4, -0.2) is 147 Å². The number of aromatic nitrogens is 3. The van der Waals surface area contributed by atoms with Gasteiger partial charge in [0.2, 0.25) is 0 Å². The van der Waals surface area contributed by atoms with Gasteiger partial charge < -0.3 is 51.6 Å². The topological polar surface area (TPSA) is 272 Å². The number of benzene rings is 3. The van der Waals surface area contributed by atoms with Crippen LogP contribution in [0.15, 0.2) is 156 Å². The van der Waals surface area contributed by atoms with E-state index in [1.54, 1.807) is 54.5 Å². The molecule has 0 unspecified atom stereocenters. The number of halogens is 3. The van der Waals surface area contributed by atoms with E-state index in [1.165, 1.54) is 56.9 Å². The van der Waals surface area contributed by atoms with E-state index < -0.39 is 51.0 Å². The molecule has 0 atom stereocenters. The van der Waals surface area contributed by atoms with Gasteiger partial charge >= 0.3 is 34.6 Å². The molecule has 93 heavy (non-hydrogen) atoms. The van der Waals surface area contributed by atoms with Crippen molar-refractivity contribution in [3.8, 4) is 0 Å². The van der Waals surface area contributed by atoms with Crippen LogP contribution in [0.3, 0.4) is 0 Å². The molecule has 6 aromatic heterocycles. The molecule has 9 heterocycles. The number of furan rings is 3. The van der Waals surface area contributed by atoms with Gasteiger partial charge in [0, 0.05) is 120 Å². The molecule has 3 aliphatic rings. The number of amides is 2. The zero-order chi connectivity index (χ0) is 66.5. The summed E-state index contributed by atoms with van der Waals surface area (Å²) in [5.41, 5.74) is -0.165. The number of para-hydroxylation sites is 3. The number of ether oxygens (including phenoxy) is 1. The number of alkyl halides is 3. The summed E-state index contributed by atoms with van der Waals surface area (Å²) >= 11 is 0. The monoisotopic (exact) mass is 1280 g/mol. The van der Waals surface area contributed by atoms with Crippen LogP contribution in [0.4, 0.5) is 41.6 Å². The predicted octanol–water partition coefficient (Wildman–Crippen LogP) is 9.17. The van der Waals surface area contributed by atoms with Crippen LogP contribution in [0.1, 0.15) is 64.7 Å². The van der Waals surface area contributed by atoms with Crippen molar-refractivity contribution in [1.29, 1.82) is 0 Å². The van der Waals surface area contributed by atoms with Crippen LogP contribution in [0.25, 0.3) is 32.7 Å². The van der Waals surface area contributed by atoms with Crippen molar-refractivity contribution >= 4 is 78.9 Å². The summed E-state index contributed by atoms with van der Waals surface area (Å²) in [6, 6.07) is 29.1. The number of pyridine rings is 3. The molecule has 0 N–H and O–H groups in total. The molecule has 12 rings (SSSR count). The molecule has 3 aromatic carbocycles. The normalized spacial score (nSPS) is 14.8. The molecule has 3 aliphatic heterocycles. The van der Waals surface area contributed by atoms with Crippen LogP contribution in [0.5, 0.6) is 0 Å². The molecule has 2 amide bonds. The fourth-order valence-corrected chi connectivity index (χ4v) is 12.0. The molecule has 9 aromatic rings. The lowest BCUT2D eigenvalue weighted by molar-refractivity contribution is -0.385. The number of rotatable bonds is 13. The van der Waals surface area contributed by atoms with Crippen molar-refractivity contribution in [2.24, 2.45) is 12.5 Å². The van der Waals surface area contributed by atoms with Gasteiger partial charge in [0.25, 0.3) is 17.4 Å². The largest absolute Gasteiger partial charge is 0.472 e. The lowest BCUT2D eigenvalue weighted by Crippen LogP contribution is -2.49. The van der Waals surface area contributed by atoms with E-state index in [0.29, 0.717) is 59.6 Å². The average Bonchev–Trinajstić information content (AvgIpc) is 1.01. The van der Waals surface area contributed by atoms with Gasteiger partial charge in [0.05, 0.1) is 63.7 Å². The SMILES string of the molecule is CC(C)(C)Cn1c(=O)c([N+](=O)[O-])c(N2CCN(C(=O)c3ccco3)CC2)c2ccccc21.CCOC(=O)c1c(N2CCN(Cc3ccoc3)CC2)c2ccccc2n(C)c1=O.O=C(c1ccco1)N1CCN(c2c([N+](=O)[O-])c(=O)n(CC(F)(F)F)c3ccccc23)CC1. The lowest BCUT2D eigenvalue weighted by atomic mass is 9.96. The van der Waals surface area contributed by atoms with Crippen LogP contribution in [0.2, 0.25) is 0 Å². The molecule has 0 radical (unpaired) electrons. The third-order valence-electron chi connectivity index (χ3n) is 16.2. The van der Waals surface area contributed by atoms with E-state index in [9.17, 15) is 62.2 Å². The van der Waals surface area contributed by atoms with E-state index >= 15 is 0 Å². The second kappa shape index (κ2) is 27.5. The Morgan fingerprint density at radius 2 is 0.978 bits per heavy atom. The standard InChI is InChI=1S/C23H26N4O5.C22H25N3O4.C20H17F3N4O5/c1-23(2,3)15-26-17-8-5-4-7-16(17)19(20(22(26)29)27(30)31)24-10-12-25(13-11-24)21(28)18-9-6-14-32-18;1-3-29-22(27)19-20(17-6-4-5-7-18(17)23(2)21(19)26)25-11-9-24(10-12-25)14-16-8-13-28-15-16;21-20(22,23)12-26-14-5-2-1-4-13(14)16(17(19(26)29)27(30)31)24-7-9-25(10-8-24)18(28)15-6-3-11-32-15/h4-9,14H,10-13,15H2,1-3H3;4-8,13,15H,3,9-12,14H2,1-2H3;1-6,11H,7-10,12H2. The van der Waals surface area contributed by atoms with E-state index in [4.69, 9.17) is 18.0 Å². The third kappa shape index (κ3) is 14.2. The van der Waals surface area contributed by atoms with Crippen LogP contribution < -0.4 is 31.4 Å². The highest BCUT2D eigenvalue weighted by molar-refractivity contribution is 6.06. The first kappa shape index (κ1) is 65.4. The van der Waals surface area contributed by atoms with Crippen LogP contribution in [-0.2, 0) is 31.4 Å². The molecule has 0 aliphatic carbocycles. The minimum Gasteiger partial charge on any atom is -0.472 e. The van der Waals surface area contributed by atoms with Crippen molar-refractivity contribution in [2.75, 3.05) is 99.8 Å². The highest BCUT2D eigenvalue weighted by Crippen LogP contribution is 2.38. The minimum absolute atomic E-state index is 0.0425. The van der Waals surface area contributed by atoms with Crippen molar-refractivity contribution in [3.05, 3.63) is 202 Å². The number of piperazine rings is 3. The molecular formula is C65H68F3N11O14. The molecule has 25 nitrogen and oxygen atoms in total. The Morgan fingerprint density at radius 3 is 1.39 bits per heavy atom. The zero-order valence-corrected chi connectivity index (χ0v) is 51.7. The molecule has 28 heteroatoms. The second-order valence-corrected chi connectivity index (χ2v) is 23.6.